The average Bonchev–Trinajstić information content (AvgIpc) is 2.59. The minimum absolute atomic E-state index is 0.0406. The molecule has 0 radical (unpaired) electrons. The number of hydrogen-bond acceptors (Lipinski definition) is 2. The van der Waals surface area contributed by atoms with Gasteiger partial charge in [0, 0.05) is 12.8 Å². The first-order valence-electron chi connectivity index (χ1n) is 5.24. The van der Waals surface area contributed by atoms with E-state index in [2.05, 4.69) is 0 Å². The molecule has 0 aliphatic carbocycles. The van der Waals surface area contributed by atoms with Crippen molar-refractivity contribution in [1.82, 2.24) is 4.90 Å². The Morgan fingerprint density at radius 1 is 1.40 bits per heavy atom. The third-order valence-electron chi connectivity index (χ3n) is 2.92. The van der Waals surface area contributed by atoms with Gasteiger partial charge in [-0.15, -0.1) is 0 Å². The normalized spacial score (nSPS) is 23.2. The van der Waals surface area contributed by atoms with E-state index in [4.69, 9.17) is 0 Å². The van der Waals surface area contributed by atoms with E-state index < -0.39 is 6.23 Å². The van der Waals surface area contributed by atoms with E-state index in [1.807, 2.05) is 37.3 Å². The molecule has 0 bridgehead atoms. The lowest BCUT2D eigenvalue weighted by Gasteiger charge is -2.28. The molecular formula is C12H15NO2. The molecule has 3 heteroatoms. The Morgan fingerprint density at radius 2 is 2.07 bits per heavy atom. The topological polar surface area (TPSA) is 40.5 Å². The molecule has 1 heterocycles. The number of rotatable bonds is 2. The molecule has 2 atom stereocenters. The molecular weight excluding hydrogens is 190 g/mol. The molecule has 1 aliphatic rings. The van der Waals surface area contributed by atoms with Gasteiger partial charge in [0.2, 0.25) is 5.91 Å². The van der Waals surface area contributed by atoms with Crippen LogP contribution in [0.3, 0.4) is 0 Å². The van der Waals surface area contributed by atoms with Crippen LogP contribution in [0.4, 0.5) is 0 Å². The SMILES string of the molecule is CC(c1ccccc1)N1C(=O)CCC1O. The van der Waals surface area contributed by atoms with Crippen molar-refractivity contribution in [2.75, 3.05) is 0 Å². The molecule has 1 aliphatic heterocycles. The summed E-state index contributed by atoms with van der Waals surface area (Å²) in [6.07, 6.45) is 0.390. The summed E-state index contributed by atoms with van der Waals surface area (Å²) in [5.41, 5.74) is 1.06. The molecule has 1 fully saturated rings. The summed E-state index contributed by atoms with van der Waals surface area (Å²) in [5, 5.41) is 9.70. The summed E-state index contributed by atoms with van der Waals surface area (Å²) >= 11 is 0. The standard InChI is InChI=1S/C12H15NO2/c1-9(10-5-3-2-4-6-10)13-11(14)7-8-12(13)15/h2-6,9,11,14H,7-8H2,1H3. The Hall–Kier alpha value is -1.35. The molecule has 2 unspecified atom stereocenters. The minimum atomic E-state index is -0.618. The summed E-state index contributed by atoms with van der Waals surface area (Å²) in [6, 6.07) is 9.73. The van der Waals surface area contributed by atoms with Gasteiger partial charge in [0.05, 0.1) is 6.04 Å². The molecule has 1 N–H and O–H groups in total. The van der Waals surface area contributed by atoms with Crippen molar-refractivity contribution < 1.29 is 9.90 Å². The number of likely N-dealkylation sites (tertiary alicyclic amines) is 1. The number of benzene rings is 1. The number of carbonyl (C=O) groups is 1. The van der Waals surface area contributed by atoms with Gasteiger partial charge in [-0.25, -0.2) is 0 Å². The molecule has 15 heavy (non-hydrogen) atoms. The highest BCUT2D eigenvalue weighted by Gasteiger charge is 2.33. The molecule has 80 valence electrons. The fraction of sp³-hybridized carbons (Fsp3) is 0.417. The zero-order valence-corrected chi connectivity index (χ0v) is 8.76. The van der Waals surface area contributed by atoms with Crippen LogP contribution in [-0.4, -0.2) is 22.1 Å². The fourth-order valence-corrected chi connectivity index (χ4v) is 2.05. The maximum absolute atomic E-state index is 11.6. The summed E-state index contributed by atoms with van der Waals surface area (Å²) < 4.78 is 0. The van der Waals surface area contributed by atoms with Gasteiger partial charge in [0.25, 0.3) is 0 Å². The monoisotopic (exact) mass is 205 g/mol. The molecule has 0 spiro atoms. The van der Waals surface area contributed by atoms with E-state index in [1.54, 1.807) is 4.90 Å². The van der Waals surface area contributed by atoms with Crippen molar-refractivity contribution in [2.24, 2.45) is 0 Å². The fourth-order valence-electron chi connectivity index (χ4n) is 2.05. The first kappa shape index (κ1) is 10.2. The summed E-state index contributed by atoms with van der Waals surface area (Å²) in [7, 11) is 0. The van der Waals surface area contributed by atoms with Crippen LogP contribution in [0.15, 0.2) is 30.3 Å². The third kappa shape index (κ3) is 1.88. The number of amides is 1. The molecule has 1 aromatic carbocycles. The van der Waals surface area contributed by atoms with Gasteiger partial charge < -0.3 is 10.0 Å². The van der Waals surface area contributed by atoms with Crippen LogP contribution in [-0.2, 0) is 4.79 Å². The van der Waals surface area contributed by atoms with Crippen LogP contribution < -0.4 is 0 Å². The predicted octanol–water partition coefficient (Wildman–Crippen LogP) is 1.69. The van der Waals surface area contributed by atoms with Crippen LogP contribution in [0.1, 0.15) is 31.4 Å². The Balaban J connectivity index is 2.21. The lowest BCUT2D eigenvalue weighted by atomic mass is 10.1. The van der Waals surface area contributed by atoms with Crippen LogP contribution >= 0.6 is 0 Å². The second-order valence-corrected chi connectivity index (χ2v) is 3.91. The maximum atomic E-state index is 11.6. The minimum Gasteiger partial charge on any atom is -0.373 e. The Morgan fingerprint density at radius 3 is 2.60 bits per heavy atom. The summed E-state index contributed by atoms with van der Waals surface area (Å²) in [4.78, 5) is 13.1. The highest BCUT2D eigenvalue weighted by Crippen LogP contribution is 2.28. The molecule has 0 saturated carbocycles. The number of aliphatic hydroxyl groups is 1. The van der Waals surface area contributed by atoms with Crippen molar-refractivity contribution in [2.45, 2.75) is 32.0 Å². The smallest absolute Gasteiger partial charge is 0.225 e. The van der Waals surface area contributed by atoms with Crippen molar-refractivity contribution >= 4 is 5.91 Å². The van der Waals surface area contributed by atoms with Gasteiger partial charge in [0.15, 0.2) is 0 Å². The summed E-state index contributed by atoms with van der Waals surface area (Å²) in [5.74, 6) is 0.0406. The van der Waals surface area contributed by atoms with E-state index in [-0.39, 0.29) is 11.9 Å². The second-order valence-electron chi connectivity index (χ2n) is 3.91. The van der Waals surface area contributed by atoms with Gasteiger partial charge in [-0.2, -0.15) is 0 Å². The van der Waals surface area contributed by atoms with E-state index in [9.17, 15) is 9.90 Å². The number of nitrogens with zero attached hydrogens (tertiary/aromatic N) is 1. The molecule has 1 saturated heterocycles. The summed E-state index contributed by atoms with van der Waals surface area (Å²) in [6.45, 7) is 1.95. The van der Waals surface area contributed by atoms with Crippen LogP contribution in [0, 0.1) is 0 Å². The van der Waals surface area contributed by atoms with E-state index in [0.29, 0.717) is 12.8 Å². The van der Waals surface area contributed by atoms with Crippen LogP contribution in [0.5, 0.6) is 0 Å². The average molecular weight is 205 g/mol. The quantitative estimate of drug-likeness (QED) is 0.798. The van der Waals surface area contributed by atoms with E-state index in [0.717, 1.165) is 5.56 Å². The molecule has 3 nitrogen and oxygen atoms in total. The Bertz CT molecular complexity index is 350. The van der Waals surface area contributed by atoms with Gasteiger partial charge >= 0.3 is 0 Å². The van der Waals surface area contributed by atoms with Crippen molar-refractivity contribution in [3.63, 3.8) is 0 Å². The Labute approximate surface area is 89.3 Å². The largest absolute Gasteiger partial charge is 0.373 e. The van der Waals surface area contributed by atoms with E-state index in [1.165, 1.54) is 0 Å². The lowest BCUT2D eigenvalue weighted by Crippen LogP contribution is -2.35. The zero-order valence-electron chi connectivity index (χ0n) is 8.76. The van der Waals surface area contributed by atoms with Crippen molar-refractivity contribution in [3.05, 3.63) is 35.9 Å². The molecule has 1 amide bonds. The Kier molecular flexibility index (Phi) is 2.73. The number of carbonyl (C=O) groups excluding carboxylic acids is 1. The van der Waals surface area contributed by atoms with Gasteiger partial charge in [-0.1, -0.05) is 30.3 Å². The first-order valence-corrected chi connectivity index (χ1v) is 5.24. The van der Waals surface area contributed by atoms with Crippen LogP contribution in [0.25, 0.3) is 0 Å². The molecule has 2 rings (SSSR count). The molecule has 1 aromatic rings. The second kappa shape index (κ2) is 4.03. The maximum Gasteiger partial charge on any atom is 0.225 e. The highest BCUT2D eigenvalue weighted by atomic mass is 16.3. The number of hydrogen-bond donors (Lipinski definition) is 1. The highest BCUT2D eigenvalue weighted by molar-refractivity contribution is 5.78. The molecule has 0 aromatic heterocycles. The predicted molar refractivity (Wildman–Crippen MR) is 56.9 cm³/mol. The van der Waals surface area contributed by atoms with Gasteiger partial charge in [0.1, 0.15) is 6.23 Å². The van der Waals surface area contributed by atoms with Gasteiger partial charge in [-0.3, -0.25) is 4.79 Å². The van der Waals surface area contributed by atoms with Gasteiger partial charge in [-0.05, 0) is 12.5 Å². The van der Waals surface area contributed by atoms with Crippen molar-refractivity contribution in [1.29, 1.82) is 0 Å². The zero-order chi connectivity index (χ0) is 10.8. The van der Waals surface area contributed by atoms with Crippen molar-refractivity contribution in [3.8, 4) is 0 Å². The third-order valence-corrected chi connectivity index (χ3v) is 2.92. The first-order chi connectivity index (χ1) is 7.20. The lowest BCUT2D eigenvalue weighted by molar-refractivity contribution is -0.136. The van der Waals surface area contributed by atoms with Crippen LogP contribution in [0.2, 0.25) is 0 Å². The van der Waals surface area contributed by atoms with E-state index >= 15 is 0 Å². The number of aliphatic hydroxyl groups excluding tert-OH is 1.